The van der Waals surface area contributed by atoms with Gasteiger partial charge in [-0.1, -0.05) is 12.1 Å². The van der Waals surface area contributed by atoms with E-state index in [-0.39, 0.29) is 12.4 Å². The summed E-state index contributed by atoms with van der Waals surface area (Å²) in [6, 6.07) is 8.08. The molecule has 0 aliphatic heterocycles. The van der Waals surface area contributed by atoms with Crippen LogP contribution in [0, 0.1) is 12.7 Å². The van der Waals surface area contributed by atoms with Crippen molar-refractivity contribution in [3.63, 3.8) is 0 Å². The number of halogens is 1. The van der Waals surface area contributed by atoms with Crippen molar-refractivity contribution in [1.82, 2.24) is 10.3 Å². The largest absolute Gasteiger partial charge is 0.488 e. The number of para-hydroxylation sites is 1. The number of aliphatic hydroxyl groups is 1. The minimum absolute atomic E-state index is 0.0416. The van der Waals surface area contributed by atoms with Gasteiger partial charge in [-0.05, 0) is 36.2 Å². The van der Waals surface area contributed by atoms with Crippen LogP contribution in [0.2, 0.25) is 0 Å². The van der Waals surface area contributed by atoms with Crippen molar-refractivity contribution in [3.8, 4) is 5.75 Å². The van der Waals surface area contributed by atoms with Crippen LogP contribution in [0.1, 0.15) is 11.1 Å². The fourth-order valence-corrected chi connectivity index (χ4v) is 1.86. The lowest BCUT2D eigenvalue weighted by molar-refractivity contribution is 0.104. The summed E-state index contributed by atoms with van der Waals surface area (Å²) >= 11 is 0. The third-order valence-corrected chi connectivity index (χ3v) is 3.11. The number of aromatic nitrogens is 1. The first-order chi connectivity index (χ1) is 10.2. The Labute approximate surface area is 123 Å². The summed E-state index contributed by atoms with van der Waals surface area (Å²) in [4.78, 5) is 4.06. The molecule has 0 spiro atoms. The molecule has 1 unspecified atom stereocenters. The molecule has 2 rings (SSSR count). The molecule has 5 heteroatoms. The number of pyridine rings is 1. The molecule has 0 saturated carbocycles. The van der Waals surface area contributed by atoms with E-state index in [4.69, 9.17) is 4.74 Å². The summed E-state index contributed by atoms with van der Waals surface area (Å²) < 4.78 is 18.6. The number of aryl methyl sites for hydroxylation is 1. The van der Waals surface area contributed by atoms with Gasteiger partial charge in [-0.15, -0.1) is 0 Å². The number of rotatable bonds is 7. The van der Waals surface area contributed by atoms with Gasteiger partial charge in [-0.2, -0.15) is 0 Å². The lowest BCUT2D eigenvalue weighted by Crippen LogP contribution is -2.31. The summed E-state index contributed by atoms with van der Waals surface area (Å²) in [6.45, 7) is 3.04. The highest BCUT2D eigenvalue weighted by atomic mass is 19.1. The summed E-state index contributed by atoms with van der Waals surface area (Å²) in [7, 11) is 0. The predicted octanol–water partition coefficient (Wildman–Crippen LogP) is 2.06. The van der Waals surface area contributed by atoms with Crippen LogP contribution >= 0.6 is 0 Å². The fourth-order valence-electron chi connectivity index (χ4n) is 1.86. The minimum Gasteiger partial charge on any atom is -0.488 e. The van der Waals surface area contributed by atoms with Gasteiger partial charge in [0.2, 0.25) is 0 Å². The summed E-state index contributed by atoms with van der Waals surface area (Å²) in [5.74, 6) is -0.275. The highest BCUT2D eigenvalue weighted by molar-refractivity contribution is 5.23. The van der Waals surface area contributed by atoms with Crippen LogP contribution in [0.25, 0.3) is 0 Å². The van der Waals surface area contributed by atoms with E-state index in [9.17, 15) is 9.50 Å². The van der Waals surface area contributed by atoms with Gasteiger partial charge < -0.3 is 15.2 Å². The molecule has 112 valence electrons. The molecule has 0 amide bonds. The van der Waals surface area contributed by atoms with E-state index >= 15 is 0 Å². The van der Waals surface area contributed by atoms with Crippen LogP contribution in [0.3, 0.4) is 0 Å². The zero-order valence-electron chi connectivity index (χ0n) is 11.9. The maximum atomic E-state index is 13.3. The molecule has 0 aliphatic rings. The van der Waals surface area contributed by atoms with Crippen LogP contribution in [0.15, 0.2) is 42.7 Å². The zero-order chi connectivity index (χ0) is 15.1. The second kappa shape index (κ2) is 7.71. The van der Waals surface area contributed by atoms with E-state index in [1.807, 2.05) is 13.0 Å². The molecule has 0 radical (unpaired) electrons. The number of benzene rings is 1. The van der Waals surface area contributed by atoms with E-state index in [0.717, 1.165) is 11.1 Å². The molecule has 0 bridgehead atoms. The monoisotopic (exact) mass is 290 g/mol. The van der Waals surface area contributed by atoms with Crippen molar-refractivity contribution in [3.05, 3.63) is 59.7 Å². The Balaban J connectivity index is 1.72. The standard InChI is InChI=1S/C16H19FN2O2/c1-12-6-7-18-8-13(12)9-19-10-14(20)11-21-16-5-3-2-4-15(16)17/h2-8,14,19-20H,9-11H2,1H3. The highest BCUT2D eigenvalue weighted by Gasteiger charge is 2.08. The van der Waals surface area contributed by atoms with Crippen LogP contribution in [0.4, 0.5) is 4.39 Å². The Morgan fingerprint density at radius 2 is 2.14 bits per heavy atom. The number of aliphatic hydroxyl groups excluding tert-OH is 1. The van der Waals surface area contributed by atoms with Crippen molar-refractivity contribution < 1.29 is 14.2 Å². The fraction of sp³-hybridized carbons (Fsp3) is 0.312. The Morgan fingerprint density at radius 1 is 1.33 bits per heavy atom. The van der Waals surface area contributed by atoms with E-state index in [0.29, 0.717) is 13.1 Å². The molecular weight excluding hydrogens is 271 g/mol. The molecule has 1 aromatic carbocycles. The number of nitrogens with zero attached hydrogens (tertiary/aromatic N) is 1. The Kier molecular flexibility index (Phi) is 5.66. The van der Waals surface area contributed by atoms with E-state index < -0.39 is 11.9 Å². The Hall–Kier alpha value is -1.98. The number of ether oxygens (including phenoxy) is 1. The van der Waals surface area contributed by atoms with E-state index in [2.05, 4.69) is 10.3 Å². The maximum Gasteiger partial charge on any atom is 0.165 e. The molecule has 0 fully saturated rings. The first-order valence-corrected chi connectivity index (χ1v) is 6.82. The summed E-state index contributed by atoms with van der Waals surface area (Å²) in [5, 5.41) is 13.0. The minimum atomic E-state index is -0.707. The first kappa shape index (κ1) is 15.4. The second-order valence-electron chi connectivity index (χ2n) is 4.83. The molecular formula is C16H19FN2O2. The van der Waals surface area contributed by atoms with E-state index in [1.54, 1.807) is 24.5 Å². The lowest BCUT2D eigenvalue weighted by atomic mass is 10.1. The van der Waals surface area contributed by atoms with Crippen molar-refractivity contribution in [1.29, 1.82) is 0 Å². The zero-order valence-corrected chi connectivity index (χ0v) is 11.9. The molecule has 1 heterocycles. The van der Waals surface area contributed by atoms with Gasteiger partial charge in [0.05, 0.1) is 0 Å². The third-order valence-electron chi connectivity index (χ3n) is 3.11. The number of hydrogen-bond donors (Lipinski definition) is 2. The highest BCUT2D eigenvalue weighted by Crippen LogP contribution is 2.15. The average molecular weight is 290 g/mol. The molecule has 21 heavy (non-hydrogen) atoms. The van der Waals surface area contributed by atoms with Crippen molar-refractivity contribution in [2.75, 3.05) is 13.2 Å². The lowest BCUT2D eigenvalue weighted by Gasteiger charge is -2.14. The molecule has 2 aromatic rings. The first-order valence-electron chi connectivity index (χ1n) is 6.82. The molecule has 1 aromatic heterocycles. The Bertz CT molecular complexity index is 578. The average Bonchev–Trinajstić information content (AvgIpc) is 2.48. The Morgan fingerprint density at radius 3 is 2.90 bits per heavy atom. The molecule has 1 atom stereocenters. The van der Waals surface area contributed by atoms with Crippen molar-refractivity contribution in [2.24, 2.45) is 0 Å². The van der Waals surface area contributed by atoms with Crippen LogP contribution in [-0.2, 0) is 6.54 Å². The van der Waals surface area contributed by atoms with Gasteiger partial charge in [0, 0.05) is 25.5 Å². The summed E-state index contributed by atoms with van der Waals surface area (Å²) in [5.41, 5.74) is 2.23. The van der Waals surface area contributed by atoms with Gasteiger partial charge in [0.15, 0.2) is 11.6 Å². The number of hydrogen-bond acceptors (Lipinski definition) is 4. The van der Waals surface area contributed by atoms with Gasteiger partial charge >= 0.3 is 0 Å². The quantitative estimate of drug-likeness (QED) is 0.819. The molecule has 0 aliphatic carbocycles. The second-order valence-corrected chi connectivity index (χ2v) is 4.83. The molecule has 0 saturated heterocycles. The smallest absolute Gasteiger partial charge is 0.165 e. The SMILES string of the molecule is Cc1ccncc1CNCC(O)COc1ccccc1F. The third kappa shape index (κ3) is 4.81. The molecule has 4 nitrogen and oxygen atoms in total. The normalized spacial score (nSPS) is 12.1. The van der Waals surface area contributed by atoms with Gasteiger partial charge in [0.25, 0.3) is 0 Å². The number of nitrogens with one attached hydrogen (secondary N) is 1. The maximum absolute atomic E-state index is 13.3. The van der Waals surface area contributed by atoms with Crippen molar-refractivity contribution >= 4 is 0 Å². The van der Waals surface area contributed by atoms with Gasteiger partial charge in [-0.3, -0.25) is 4.98 Å². The summed E-state index contributed by atoms with van der Waals surface area (Å²) in [6.07, 6.45) is 2.84. The van der Waals surface area contributed by atoms with Crippen LogP contribution in [0.5, 0.6) is 5.75 Å². The van der Waals surface area contributed by atoms with Crippen molar-refractivity contribution in [2.45, 2.75) is 19.6 Å². The van der Waals surface area contributed by atoms with Gasteiger partial charge in [0.1, 0.15) is 12.7 Å². The topological polar surface area (TPSA) is 54.4 Å². The van der Waals surface area contributed by atoms with E-state index in [1.165, 1.54) is 12.1 Å². The van der Waals surface area contributed by atoms with Gasteiger partial charge in [-0.25, -0.2) is 4.39 Å². The molecule has 2 N–H and O–H groups in total. The van der Waals surface area contributed by atoms with Crippen LogP contribution in [-0.4, -0.2) is 29.3 Å². The predicted molar refractivity (Wildman–Crippen MR) is 78.6 cm³/mol. The van der Waals surface area contributed by atoms with Crippen LogP contribution < -0.4 is 10.1 Å².